The van der Waals surface area contributed by atoms with Crippen LogP contribution < -0.4 is 21.3 Å². The van der Waals surface area contributed by atoms with Gasteiger partial charge in [-0.15, -0.1) is 0 Å². The van der Waals surface area contributed by atoms with Crippen molar-refractivity contribution in [2.45, 2.75) is 118 Å². The van der Waals surface area contributed by atoms with E-state index in [1.165, 1.54) is 13.0 Å². The van der Waals surface area contributed by atoms with Gasteiger partial charge in [-0.25, -0.2) is 0 Å². The standard InChI is InChI=1S/C70H68BNO2/c1-42-33-53-61(47-35-48(67(2,3)4)37-49(36-47)68(5,6)7)63-56(40-54(69(8,9)10)51-39-60(70(11,12)13)74-66(51)63)71-55-41-59-52(62(45-25-19-15-20-26-45)65(73-59)46-27-21-16-22-28-46)38-57(55)72(58(34-42)64(53)71)50-31-29-44(30-32-50)43-23-17-14-18-24-43/h14-41,61H,1-13H3/i14D,15D,16D,17D,18D,19D,20D,21D,22D,23D,24D,25D,26D,27D,28D,29D,30D,31D,32D,33D,34D,35D,36D,37D,39D,40D,41D. The van der Waals surface area contributed by atoms with E-state index in [0.717, 1.165) is 4.90 Å². The molecule has 0 N–H and O–H groups in total. The lowest BCUT2D eigenvalue weighted by molar-refractivity contribution is 0.429. The molecule has 0 amide bonds. The Labute approximate surface area is 477 Å². The minimum atomic E-state index is -1.71. The van der Waals surface area contributed by atoms with Crippen LogP contribution in [0.15, 0.2) is 178 Å². The number of anilines is 3. The molecular formula is C70H68BNO2. The second-order valence-corrected chi connectivity index (χ2v) is 23.2. The molecule has 1 atom stereocenters. The first-order valence-corrected chi connectivity index (χ1v) is 24.5. The summed E-state index contributed by atoms with van der Waals surface area (Å²) in [6.45, 7) is 21.4. The molecule has 0 spiro atoms. The molecule has 10 aromatic rings. The van der Waals surface area contributed by atoms with Crippen molar-refractivity contribution in [3.05, 3.63) is 214 Å². The molecule has 368 valence electrons. The molecule has 1 unspecified atom stereocenters. The third-order valence-electron chi connectivity index (χ3n) is 13.6. The van der Waals surface area contributed by atoms with E-state index >= 15 is 0 Å². The molecule has 2 aliphatic rings. The van der Waals surface area contributed by atoms with Gasteiger partial charge in [-0.1, -0.05) is 221 Å². The number of fused-ring (bicyclic) bond motifs is 7. The first-order chi connectivity index (χ1) is 46.4. The van der Waals surface area contributed by atoms with E-state index in [9.17, 15) is 21.9 Å². The van der Waals surface area contributed by atoms with Crippen LogP contribution in [-0.4, -0.2) is 6.71 Å². The Hall–Kier alpha value is -7.30. The quantitative estimate of drug-likeness (QED) is 0.161. The third kappa shape index (κ3) is 7.87. The molecule has 0 saturated heterocycles. The van der Waals surface area contributed by atoms with Crippen LogP contribution >= 0.6 is 0 Å². The summed E-state index contributed by atoms with van der Waals surface area (Å²) in [7, 11) is 0. The van der Waals surface area contributed by atoms with Gasteiger partial charge in [-0.3, -0.25) is 0 Å². The van der Waals surface area contributed by atoms with Gasteiger partial charge in [-0.05, 0) is 120 Å². The van der Waals surface area contributed by atoms with Gasteiger partial charge in [0.2, 0.25) is 6.71 Å². The predicted octanol–water partition coefficient (Wildman–Crippen LogP) is 17.5. The average Bonchev–Trinajstić information content (AvgIpc) is 1.60. The van der Waals surface area contributed by atoms with Crippen molar-refractivity contribution >= 4 is 62.1 Å². The van der Waals surface area contributed by atoms with Crippen molar-refractivity contribution in [1.82, 2.24) is 0 Å². The Morgan fingerprint density at radius 2 is 1.09 bits per heavy atom. The summed E-state index contributed by atoms with van der Waals surface area (Å²) < 4.78 is 273. The Bertz CT molecular complexity index is 5310. The van der Waals surface area contributed by atoms with E-state index in [4.69, 9.17) is 23.9 Å². The molecule has 0 radical (unpaired) electrons. The number of hydrogen-bond donors (Lipinski definition) is 0. The largest absolute Gasteiger partial charge is 0.460 e. The molecule has 4 heterocycles. The maximum atomic E-state index is 11.1. The number of nitrogens with zero attached hydrogens (tertiary/aromatic N) is 1. The van der Waals surface area contributed by atoms with Gasteiger partial charge in [0.1, 0.15) is 22.7 Å². The summed E-state index contributed by atoms with van der Waals surface area (Å²) in [6.07, 6.45) is 0. The van der Waals surface area contributed by atoms with Gasteiger partial charge in [0, 0.05) is 55.9 Å². The van der Waals surface area contributed by atoms with Gasteiger partial charge < -0.3 is 13.7 Å². The molecule has 0 saturated carbocycles. The highest BCUT2D eigenvalue weighted by Crippen LogP contribution is 2.50. The molecule has 0 fully saturated rings. The fourth-order valence-corrected chi connectivity index (χ4v) is 10.1. The van der Waals surface area contributed by atoms with E-state index in [1.807, 2.05) is 20.8 Å². The normalized spacial score (nSPS) is 19.7. The first-order valence-electron chi connectivity index (χ1n) is 38.0. The molecule has 74 heavy (non-hydrogen) atoms. The lowest BCUT2D eigenvalue weighted by Crippen LogP contribution is -2.62. The van der Waals surface area contributed by atoms with Crippen LogP contribution in [0.4, 0.5) is 17.1 Å². The molecule has 2 aromatic heterocycles. The van der Waals surface area contributed by atoms with Crippen molar-refractivity contribution in [2.24, 2.45) is 0 Å². The van der Waals surface area contributed by atoms with Gasteiger partial charge >= 0.3 is 0 Å². The fraction of sp³-hybridized carbons (Fsp3) is 0.257. The molecule has 4 heteroatoms. The van der Waals surface area contributed by atoms with E-state index in [1.54, 1.807) is 62.3 Å². The molecule has 3 nitrogen and oxygen atoms in total. The zero-order valence-corrected chi connectivity index (χ0v) is 43.5. The molecule has 12 rings (SSSR count). The smallest absolute Gasteiger partial charge is 0.247 e. The van der Waals surface area contributed by atoms with Crippen LogP contribution in [-0.2, 0) is 21.7 Å². The highest BCUT2D eigenvalue weighted by molar-refractivity contribution is 6.99. The van der Waals surface area contributed by atoms with Gasteiger partial charge in [0.25, 0.3) is 0 Å². The summed E-state index contributed by atoms with van der Waals surface area (Å²) in [6, 6.07) is -18.7. The Morgan fingerprint density at radius 1 is 0.514 bits per heavy atom. The highest BCUT2D eigenvalue weighted by atomic mass is 16.3. The van der Waals surface area contributed by atoms with Crippen molar-refractivity contribution in [3.63, 3.8) is 0 Å². The summed E-state index contributed by atoms with van der Waals surface area (Å²) in [5, 5.41) is -0.237. The van der Waals surface area contributed by atoms with E-state index in [2.05, 4.69) is 0 Å². The van der Waals surface area contributed by atoms with Crippen LogP contribution in [0.25, 0.3) is 55.5 Å². The van der Waals surface area contributed by atoms with Crippen LogP contribution in [0.3, 0.4) is 0 Å². The number of benzene rings is 8. The monoisotopic (exact) mass is 993 g/mol. The van der Waals surface area contributed by atoms with Crippen molar-refractivity contribution in [1.29, 1.82) is 0 Å². The zero-order chi connectivity index (χ0) is 75.3. The van der Waals surface area contributed by atoms with Crippen LogP contribution in [0.5, 0.6) is 0 Å². The molecule has 8 aromatic carbocycles. The van der Waals surface area contributed by atoms with Crippen molar-refractivity contribution in [2.75, 3.05) is 4.90 Å². The molecular weight excluding hydrogens is 898 g/mol. The van der Waals surface area contributed by atoms with Crippen LogP contribution in [0.1, 0.15) is 171 Å². The minimum Gasteiger partial charge on any atom is -0.460 e. The lowest BCUT2D eigenvalue weighted by Gasteiger charge is -2.43. The maximum absolute atomic E-state index is 11.1. The fourth-order valence-electron chi connectivity index (χ4n) is 10.1. The number of furan rings is 2. The predicted molar refractivity (Wildman–Crippen MR) is 315 cm³/mol. The van der Waals surface area contributed by atoms with Gasteiger partial charge in [0.15, 0.2) is 0 Å². The van der Waals surface area contributed by atoms with Crippen LogP contribution in [0.2, 0.25) is 0 Å². The topological polar surface area (TPSA) is 29.5 Å². The molecule has 2 aliphatic heterocycles. The molecule has 0 aliphatic carbocycles. The summed E-state index contributed by atoms with van der Waals surface area (Å²) in [5.74, 6) is -2.21. The number of rotatable bonds is 5. The van der Waals surface area contributed by atoms with Gasteiger partial charge in [-0.2, -0.15) is 0 Å². The zero-order valence-electron chi connectivity index (χ0n) is 70.5. The number of hydrogen-bond acceptors (Lipinski definition) is 3. The second kappa shape index (κ2) is 16.9. The van der Waals surface area contributed by atoms with Crippen molar-refractivity contribution in [3.8, 4) is 33.6 Å². The minimum absolute atomic E-state index is 0.0206. The molecule has 0 bridgehead atoms. The second-order valence-electron chi connectivity index (χ2n) is 23.2. The Kier molecular flexibility index (Phi) is 5.99. The summed E-state index contributed by atoms with van der Waals surface area (Å²) in [5.41, 5.74) is -9.72. The van der Waals surface area contributed by atoms with E-state index < -0.39 is 217 Å². The average molecular weight is 993 g/mol. The van der Waals surface area contributed by atoms with Gasteiger partial charge in [0.05, 0.1) is 37.0 Å². The Balaban J connectivity index is 1.42. The third-order valence-corrected chi connectivity index (χ3v) is 13.6. The maximum Gasteiger partial charge on any atom is 0.247 e. The van der Waals surface area contributed by atoms with Crippen molar-refractivity contribution < 1.29 is 45.8 Å². The summed E-state index contributed by atoms with van der Waals surface area (Å²) in [4.78, 5) is 1.09. The lowest BCUT2D eigenvalue weighted by atomic mass is 9.30. The van der Waals surface area contributed by atoms with E-state index in [-0.39, 0.29) is 114 Å². The summed E-state index contributed by atoms with van der Waals surface area (Å²) >= 11 is 0. The Morgan fingerprint density at radius 3 is 1.68 bits per heavy atom. The van der Waals surface area contributed by atoms with Crippen LogP contribution in [0, 0.1) is 6.92 Å². The first kappa shape index (κ1) is 26.3. The highest BCUT2D eigenvalue weighted by Gasteiger charge is 2.47. The van der Waals surface area contributed by atoms with E-state index in [0.29, 0.717) is 0 Å². The SMILES string of the molecule is [2H]c1c([2H])c([2H])c(-c2oc3c([2H])c4c(cc3c2-c2c([2H])c([2H])c([2H])c([2H])c2[2H])N(c2c([2H])c([2H])c(-c3c([2H])c([2H])c([2H])c([2H])c3[2H])c([2H])c2[2H])c2c([2H])c(C)c([2H])c3c2B4c2c([2H])c(C(C)(C)C)c4c([2H])c(C(C)(C)C)oc4c2C3c2c([2H])c(C(C)(C)C)c([2H])c(C(C)(C)C)c2[2H])c([2H])c1[2H].